The van der Waals surface area contributed by atoms with Gasteiger partial charge in [-0.3, -0.25) is 0 Å². The van der Waals surface area contributed by atoms with Crippen LogP contribution in [0.5, 0.6) is 17.2 Å². The van der Waals surface area contributed by atoms with E-state index in [1.807, 2.05) is 37.3 Å². The van der Waals surface area contributed by atoms with E-state index < -0.39 is 0 Å². The summed E-state index contributed by atoms with van der Waals surface area (Å²) in [5.41, 5.74) is 1.04. The van der Waals surface area contributed by atoms with E-state index in [0.717, 1.165) is 17.9 Å². The van der Waals surface area contributed by atoms with Gasteiger partial charge in [0.15, 0.2) is 0 Å². The number of ether oxygens (including phenoxy) is 3. The molecule has 0 aliphatic rings. The number of nitrogens with one attached hydrogen (secondary N) is 1. The maximum atomic E-state index is 5.79. The van der Waals surface area contributed by atoms with Crippen LogP contribution in [0, 0.1) is 0 Å². The van der Waals surface area contributed by atoms with Crippen molar-refractivity contribution in [2.45, 2.75) is 13.5 Å². The second kappa shape index (κ2) is 7.38. The van der Waals surface area contributed by atoms with E-state index in [9.17, 15) is 0 Å². The molecule has 5 heteroatoms. The van der Waals surface area contributed by atoms with E-state index in [1.165, 1.54) is 0 Å². The first-order valence-electron chi connectivity index (χ1n) is 6.79. The molecule has 1 aromatic carbocycles. The predicted octanol–water partition coefficient (Wildman–Crippen LogP) is 3.11. The van der Waals surface area contributed by atoms with E-state index in [0.29, 0.717) is 23.9 Å². The van der Waals surface area contributed by atoms with Crippen LogP contribution in [0.25, 0.3) is 0 Å². The third-order valence-corrected chi connectivity index (χ3v) is 2.91. The van der Waals surface area contributed by atoms with Gasteiger partial charge in [0.25, 0.3) is 0 Å². The highest BCUT2D eigenvalue weighted by atomic mass is 16.5. The standard InChI is InChI=1S/C16H20N2O3/c1-4-17-16-7-12(5-6-18-16)11-21-15-9-13(19-2)8-14(10-15)20-3/h5-10H,4,11H2,1-3H3,(H,17,18). The molecule has 0 spiro atoms. The number of hydrogen-bond donors (Lipinski definition) is 1. The lowest BCUT2D eigenvalue weighted by atomic mass is 10.2. The Morgan fingerprint density at radius 2 is 1.67 bits per heavy atom. The summed E-state index contributed by atoms with van der Waals surface area (Å²) in [4.78, 5) is 4.23. The Morgan fingerprint density at radius 3 is 2.29 bits per heavy atom. The van der Waals surface area contributed by atoms with Gasteiger partial charge in [-0.05, 0) is 24.6 Å². The molecule has 5 nitrogen and oxygen atoms in total. The van der Waals surface area contributed by atoms with Crippen LogP contribution in [-0.4, -0.2) is 25.7 Å². The topological polar surface area (TPSA) is 52.6 Å². The van der Waals surface area contributed by atoms with Crippen molar-refractivity contribution in [3.05, 3.63) is 42.1 Å². The van der Waals surface area contributed by atoms with Crippen LogP contribution in [0.2, 0.25) is 0 Å². The molecular formula is C16H20N2O3. The quantitative estimate of drug-likeness (QED) is 0.848. The molecule has 1 heterocycles. The summed E-state index contributed by atoms with van der Waals surface area (Å²) in [6.45, 7) is 3.33. The Balaban J connectivity index is 2.07. The van der Waals surface area contributed by atoms with Crippen molar-refractivity contribution in [2.75, 3.05) is 26.1 Å². The highest BCUT2D eigenvalue weighted by Crippen LogP contribution is 2.28. The molecule has 0 saturated heterocycles. The molecular weight excluding hydrogens is 268 g/mol. The fourth-order valence-corrected chi connectivity index (χ4v) is 1.87. The zero-order valence-electron chi connectivity index (χ0n) is 12.6. The molecule has 0 bridgehead atoms. The summed E-state index contributed by atoms with van der Waals surface area (Å²) in [5.74, 6) is 2.95. The Kier molecular flexibility index (Phi) is 5.26. The molecule has 0 fully saturated rings. The average molecular weight is 288 g/mol. The minimum Gasteiger partial charge on any atom is -0.496 e. The summed E-state index contributed by atoms with van der Waals surface area (Å²) in [7, 11) is 3.23. The monoisotopic (exact) mass is 288 g/mol. The van der Waals surface area contributed by atoms with Gasteiger partial charge in [0, 0.05) is 30.9 Å². The highest BCUT2D eigenvalue weighted by molar-refractivity contribution is 5.42. The lowest BCUT2D eigenvalue weighted by molar-refractivity contribution is 0.300. The maximum absolute atomic E-state index is 5.79. The third-order valence-electron chi connectivity index (χ3n) is 2.91. The first kappa shape index (κ1) is 15.0. The molecule has 2 rings (SSSR count). The Hall–Kier alpha value is -2.43. The normalized spacial score (nSPS) is 10.0. The Morgan fingerprint density at radius 1 is 1.00 bits per heavy atom. The van der Waals surface area contributed by atoms with Gasteiger partial charge >= 0.3 is 0 Å². The Bertz CT molecular complexity index is 565. The van der Waals surface area contributed by atoms with Crippen LogP contribution in [-0.2, 0) is 6.61 Å². The second-order valence-electron chi connectivity index (χ2n) is 4.42. The number of anilines is 1. The lowest BCUT2D eigenvalue weighted by Crippen LogP contribution is -2.01. The molecule has 0 radical (unpaired) electrons. The van der Waals surface area contributed by atoms with E-state index in [2.05, 4.69) is 10.3 Å². The average Bonchev–Trinajstić information content (AvgIpc) is 2.53. The van der Waals surface area contributed by atoms with Crippen molar-refractivity contribution in [1.82, 2.24) is 4.98 Å². The van der Waals surface area contributed by atoms with Crippen molar-refractivity contribution < 1.29 is 14.2 Å². The number of rotatable bonds is 7. The second-order valence-corrected chi connectivity index (χ2v) is 4.42. The van der Waals surface area contributed by atoms with Gasteiger partial charge in [0.05, 0.1) is 14.2 Å². The van der Waals surface area contributed by atoms with Crippen molar-refractivity contribution in [3.63, 3.8) is 0 Å². The zero-order chi connectivity index (χ0) is 15.1. The van der Waals surface area contributed by atoms with Crippen LogP contribution in [0.15, 0.2) is 36.5 Å². The van der Waals surface area contributed by atoms with Crippen LogP contribution in [0.3, 0.4) is 0 Å². The summed E-state index contributed by atoms with van der Waals surface area (Å²) in [6.07, 6.45) is 1.77. The van der Waals surface area contributed by atoms with E-state index in [1.54, 1.807) is 20.4 Å². The van der Waals surface area contributed by atoms with E-state index in [-0.39, 0.29) is 0 Å². The number of pyridine rings is 1. The fourth-order valence-electron chi connectivity index (χ4n) is 1.87. The molecule has 112 valence electrons. The highest BCUT2D eigenvalue weighted by Gasteiger charge is 2.04. The van der Waals surface area contributed by atoms with Crippen molar-refractivity contribution in [1.29, 1.82) is 0 Å². The maximum Gasteiger partial charge on any atom is 0.127 e. The summed E-state index contributed by atoms with van der Waals surface area (Å²) < 4.78 is 16.2. The molecule has 0 amide bonds. The molecule has 0 saturated carbocycles. The smallest absolute Gasteiger partial charge is 0.127 e. The van der Waals surface area contributed by atoms with Gasteiger partial charge in [-0.25, -0.2) is 4.98 Å². The SMILES string of the molecule is CCNc1cc(COc2cc(OC)cc(OC)c2)ccn1. The largest absolute Gasteiger partial charge is 0.496 e. The van der Waals surface area contributed by atoms with Crippen LogP contribution in [0.1, 0.15) is 12.5 Å². The van der Waals surface area contributed by atoms with Gasteiger partial charge in [-0.15, -0.1) is 0 Å². The minimum atomic E-state index is 0.456. The third kappa shape index (κ3) is 4.27. The molecule has 0 atom stereocenters. The van der Waals surface area contributed by atoms with Crippen molar-refractivity contribution >= 4 is 5.82 Å². The number of methoxy groups -OCH3 is 2. The molecule has 2 aromatic rings. The summed E-state index contributed by atoms with van der Waals surface area (Å²) >= 11 is 0. The molecule has 0 aliphatic carbocycles. The molecule has 1 N–H and O–H groups in total. The molecule has 1 aromatic heterocycles. The van der Waals surface area contributed by atoms with Crippen LogP contribution in [0.4, 0.5) is 5.82 Å². The number of benzene rings is 1. The van der Waals surface area contributed by atoms with Gasteiger partial charge < -0.3 is 19.5 Å². The number of hydrogen-bond acceptors (Lipinski definition) is 5. The fraction of sp³-hybridized carbons (Fsp3) is 0.312. The number of aromatic nitrogens is 1. The van der Waals surface area contributed by atoms with Gasteiger partial charge in [0.1, 0.15) is 29.7 Å². The zero-order valence-corrected chi connectivity index (χ0v) is 12.6. The van der Waals surface area contributed by atoms with Crippen LogP contribution < -0.4 is 19.5 Å². The lowest BCUT2D eigenvalue weighted by Gasteiger charge is -2.11. The molecule has 0 unspecified atom stereocenters. The number of nitrogens with zero attached hydrogens (tertiary/aromatic N) is 1. The molecule has 21 heavy (non-hydrogen) atoms. The van der Waals surface area contributed by atoms with E-state index in [4.69, 9.17) is 14.2 Å². The van der Waals surface area contributed by atoms with Gasteiger partial charge in [-0.2, -0.15) is 0 Å². The van der Waals surface area contributed by atoms with E-state index >= 15 is 0 Å². The van der Waals surface area contributed by atoms with Crippen molar-refractivity contribution in [2.24, 2.45) is 0 Å². The first-order valence-corrected chi connectivity index (χ1v) is 6.79. The van der Waals surface area contributed by atoms with Gasteiger partial charge in [-0.1, -0.05) is 0 Å². The summed E-state index contributed by atoms with van der Waals surface area (Å²) in [6, 6.07) is 9.37. The predicted molar refractivity (Wildman–Crippen MR) is 82.3 cm³/mol. The minimum absolute atomic E-state index is 0.456. The molecule has 0 aliphatic heterocycles. The Labute approximate surface area is 124 Å². The van der Waals surface area contributed by atoms with Gasteiger partial charge in [0.2, 0.25) is 0 Å². The summed E-state index contributed by atoms with van der Waals surface area (Å²) in [5, 5.41) is 3.18. The van der Waals surface area contributed by atoms with Crippen LogP contribution >= 0.6 is 0 Å². The van der Waals surface area contributed by atoms with Crippen molar-refractivity contribution in [3.8, 4) is 17.2 Å². The first-order chi connectivity index (χ1) is 10.2.